The van der Waals surface area contributed by atoms with Crippen molar-refractivity contribution in [3.63, 3.8) is 0 Å². The number of benzene rings is 1. The summed E-state index contributed by atoms with van der Waals surface area (Å²) in [5.41, 5.74) is 0.843. The van der Waals surface area contributed by atoms with E-state index in [-0.39, 0.29) is 23.2 Å². The number of rotatable bonds is 6. The highest BCUT2D eigenvalue weighted by Gasteiger charge is 2.19. The molecule has 2 rings (SSSR count). The van der Waals surface area contributed by atoms with Gasteiger partial charge in [0.1, 0.15) is 5.82 Å². The zero-order valence-electron chi connectivity index (χ0n) is 11.3. The first-order valence-corrected chi connectivity index (χ1v) is 6.57. The number of hydrogen-bond acceptors (Lipinski definition) is 4. The number of ether oxygens (including phenoxy) is 1. The van der Waals surface area contributed by atoms with Crippen molar-refractivity contribution in [3.8, 4) is 0 Å². The second-order valence-electron chi connectivity index (χ2n) is 4.31. The van der Waals surface area contributed by atoms with Crippen molar-refractivity contribution in [2.24, 2.45) is 0 Å². The average Bonchev–Trinajstić information content (AvgIpc) is 2.99. The highest BCUT2D eigenvalue weighted by molar-refractivity contribution is 6.31. The number of H-pyrrole nitrogens is 1. The number of nitrogens with one attached hydrogen (secondary N) is 1. The molecule has 0 spiro atoms. The molecular weight excluding hydrogens is 299 g/mol. The Balaban J connectivity index is 2.17. The third-order valence-electron chi connectivity index (χ3n) is 2.86. The van der Waals surface area contributed by atoms with Crippen LogP contribution >= 0.6 is 11.6 Å². The Morgan fingerprint density at radius 1 is 1.52 bits per heavy atom. The lowest BCUT2D eigenvalue weighted by Crippen LogP contribution is -2.33. The predicted molar refractivity (Wildman–Crippen MR) is 74.4 cm³/mol. The number of nitrogens with zero attached hydrogens (tertiary/aromatic N) is 3. The van der Waals surface area contributed by atoms with Crippen molar-refractivity contribution < 1.29 is 13.9 Å². The van der Waals surface area contributed by atoms with Gasteiger partial charge in [0, 0.05) is 25.2 Å². The van der Waals surface area contributed by atoms with E-state index in [0.717, 1.165) is 0 Å². The molecule has 0 aliphatic carbocycles. The number of carbonyl (C=O) groups is 1. The summed E-state index contributed by atoms with van der Waals surface area (Å²) in [5.74, 6) is -0.726. The molecule has 0 bridgehead atoms. The van der Waals surface area contributed by atoms with Crippen molar-refractivity contribution in [2.75, 3.05) is 20.3 Å². The lowest BCUT2D eigenvalue weighted by Gasteiger charge is -2.22. The quantitative estimate of drug-likeness (QED) is 0.884. The molecule has 0 radical (unpaired) electrons. The standard InChI is InChI=1S/C13H14ClFN4O2/c1-21-5-4-19(13(20)12-7-16-18-17-12)8-9-2-3-10(15)6-11(9)14/h2-3,6-7H,4-5,8H2,1H3,(H,16,17,18). The normalized spacial score (nSPS) is 10.6. The van der Waals surface area contributed by atoms with E-state index in [9.17, 15) is 9.18 Å². The second-order valence-corrected chi connectivity index (χ2v) is 4.72. The molecular formula is C13H14ClFN4O2. The largest absolute Gasteiger partial charge is 0.383 e. The molecule has 0 saturated carbocycles. The number of carbonyl (C=O) groups excluding carboxylic acids is 1. The van der Waals surface area contributed by atoms with Crippen LogP contribution in [0.25, 0.3) is 0 Å². The fourth-order valence-corrected chi connectivity index (χ4v) is 2.00. The number of aromatic amines is 1. The van der Waals surface area contributed by atoms with Gasteiger partial charge in [-0.25, -0.2) is 4.39 Å². The van der Waals surface area contributed by atoms with Gasteiger partial charge in [0.25, 0.3) is 5.91 Å². The number of halogens is 2. The first kappa shape index (κ1) is 15.4. The minimum Gasteiger partial charge on any atom is -0.383 e. The van der Waals surface area contributed by atoms with Crippen LogP contribution in [0, 0.1) is 5.82 Å². The molecule has 0 atom stereocenters. The molecule has 2 aromatic rings. The van der Waals surface area contributed by atoms with Crippen LogP contribution in [-0.4, -0.2) is 46.5 Å². The van der Waals surface area contributed by atoms with Gasteiger partial charge in [-0.3, -0.25) is 4.79 Å². The van der Waals surface area contributed by atoms with E-state index >= 15 is 0 Å². The van der Waals surface area contributed by atoms with Crippen LogP contribution in [0.1, 0.15) is 16.1 Å². The van der Waals surface area contributed by atoms with Gasteiger partial charge in [0.2, 0.25) is 0 Å². The van der Waals surface area contributed by atoms with E-state index in [0.29, 0.717) is 18.7 Å². The third-order valence-corrected chi connectivity index (χ3v) is 3.21. The Morgan fingerprint density at radius 2 is 2.33 bits per heavy atom. The van der Waals surface area contributed by atoms with E-state index < -0.39 is 5.82 Å². The molecule has 0 fully saturated rings. The lowest BCUT2D eigenvalue weighted by atomic mass is 10.2. The summed E-state index contributed by atoms with van der Waals surface area (Å²) < 4.78 is 18.1. The van der Waals surface area contributed by atoms with Crippen LogP contribution in [0.2, 0.25) is 5.02 Å². The first-order chi connectivity index (χ1) is 10.1. The maximum Gasteiger partial charge on any atom is 0.276 e. The number of methoxy groups -OCH3 is 1. The third kappa shape index (κ3) is 3.99. The molecule has 0 aliphatic rings. The van der Waals surface area contributed by atoms with E-state index in [2.05, 4.69) is 15.4 Å². The van der Waals surface area contributed by atoms with Gasteiger partial charge >= 0.3 is 0 Å². The van der Waals surface area contributed by atoms with Gasteiger partial charge in [0.15, 0.2) is 5.69 Å². The summed E-state index contributed by atoms with van der Waals surface area (Å²) in [5, 5.41) is 10.0. The zero-order chi connectivity index (χ0) is 15.2. The van der Waals surface area contributed by atoms with Crippen LogP contribution in [0.3, 0.4) is 0 Å². The molecule has 6 nitrogen and oxygen atoms in total. The van der Waals surface area contributed by atoms with Gasteiger partial charge < -0.3 is 9.64 Å². The van der Waals surface area contributed by atoms with Crippen LogP contribution in [0.15, 0.2) is 24.4 Å². The summed E-state index contributed by atoms with van der Waals surface area (Å²) in [6.07, 6.45) is 1.34. The smallest absolute Gasteiger partial charge is 0.276 e. The van der Waals surface area contributed by atoms with Gasteiger partial charge in [-0.1, -0.05) is 17.7 Å². The van der Waals surface area contributed by atoms with Crippen LogP contribution in [-0.2, 0) is 11.3 Å². The Morgan fingerprint density at radius 3 is 2.95 bits per heavy atom. The Labute approximate surface area is 125 Å². The van der Waals surface area contributed by atoms with Crippen LogP contribution in [0.4, 0.5) is 4.39 Å². The number of aromatic nitrogens is 3. The fraction of sp³-hybridized carbons (Fsp3) is 0.308. The van der Waals surface area contributed by atoms with E-state index in [1.54, 1.807) is 13.2 Å². The van der Waals surface area contributed by atoms with E-state index in [4.69, 9.17) is 16.3 Å². The lowest BCUT2D eigenvalue weighted by molar-refractivity contribution is 0.0674. The Kier molecular flexibility index (Phi) is 5.24. The van der Waals surface area contributed by atoms with Gasteiger partial charge in [0.05, 0.1) is 12.8 Å². The van der Waals surface area contributed by atoms with Gasteiger partial charge in [-0.15, -0.1) is 0 Å². The van der Waals surface area contributed by atoms with E-state index in [1.165, 1.54) is 23.2 Å². The fourth-order valence-electron chi connectivity index (χ4n) is 1.78. The molecule has 1 aromatic carbocycles. The number of hydrogen-bond donors (Lipinski definition) is 1. The van der Waals surface area contributed by atoms with Crippen molar-refractivity contribution in [3.05, 3.63) is 46.5 Å². The SMILES string of the molecule is COCCN(Cc1ccc(F)cc1Cl)C(=O)c1cn[nH]n1. The molecule has 1 N–H and O–H groups in total. The highest BCUT2D eigenvalue weighted by atomic mass is 35.5. The molecule has 0 saturated heterocycles. The van der Waals surface area contributed by atoms with Crippen molar-refractivity contribution in [2.45, 2.75) is 6.54 Å². The second kappa shape index (κ2) is 7.14. The molecule has 1 heterocycles. The number of amides is 1. The minimum atomic E-state index is -0.421. The molecule has 1 aromatic heterocycles. The van der Waals surface area contributed by atoms with Crippen molar-refractivity contribution >= 4 is 17.5 Å². The Bertz CT molecular complexity index is 606. The minimum absolute atomic E-state index is 0.198. The summed E-state index contributed by atoms with van der Waals surface area (Å²) >= 11 is 5.99. The molecule has 1 amide bonds. The summed E-state index contributed by atoms with van der Waals surface area (Å²) in [4.78, 5) is 13.8. The zero-order valence-corrected chi connectivity index (χ0v) is 12.1. The van der Waals surface area contributed by atoms with Crippen molar-refractivity contribution in [1.29, 1.82) is 0 Å². The summed E-state index contributed by atoms with van der Waals surface area (Å²) in [6.45, 7) is 0.951. The van der Waals surface area contributed by atoms with Gasteiger partial charge in [-0.05, 0) is 17.7 Å². The Hall–Kier alpha value is -1.99. The summed E-state index contributed by atoms with van der Waals surface area (Å²) in [7, 11) is 1.55. The molecule has 21 heavy (non-hydrogen) atoms. The van der Waals surface area contributed by atoms with Crippen LogP contribution in [0.5, 0.6) is 0 Å². The topological polar surface area (TPSA) is 71.1 Å². The molecule has 8 heteroatoms. The summed E-state index contributed by atoms with van der Waals surface area (Å²) in [6, 6.07) is 4.07. The molecule has 0 aliphatic heterocycles. The molecule has 112 valence electrons. The van der Waals surface area contributed by atoms with Gasteiger partial charge in [-0.2, -0.15) is 15.4 Å². The van der Waals surface area contributed by atoms with Crippen molar-refractivity contribution in [1.82, 2.24) is 20.3 Å². The van der Waals surface area contributed by atoms with Crippen LogP contribution < -0.4 is 0 Å². The average molecular weight is 313 g/mol. The molecule has 0 unspecified atom stereocenters. The maximum absolute atomic E-state index is 13.1. The first-order valence-electron chi connectivity index (χ1n) is 6.19. The monoisotopic (exact) mass is 312 g/mol. The maximum atomic E-state index is 13.1. The highest BCUT2D eigenvalue weighted by Crippen LogP contribution is 2.19. The predicted octanol–water partition coefficient (Wildman–Crippen LogP) is 1.89. The van der Waals surface area contributed by atoms with E-state index in [1.807, 2.05) is 0 Å².